The second-order valence-electron chi connectivity index (χ2n) is 8.16. The van der Waals surface area contributed by atoms with E-state index in [0.717, 1.165) is 25.1 Å². The Morgan fingerprint density at radius 2 is 1.96 bits per heavy atom. The fourth-order valence-corrected chi connectivity index (χ4v) is 4.15. The van der Waals surface area contributed by atoms with Crippen LogP contribution in [0.15, 0.2) is 29.6 Å². The number of anilines is 1. The van der Waals surface area contributed by atoms with E-state index in [2.05, 4.69) is 41.3 Å². The van der Waals surface area contributed by atoms with Gasteiger partial charge in [-0.1, -0.05) is 32.9 Å². The van der Waals surface area contributed by atoms with Gasteiger partial charge in [-0.25, -0.2) is 4.98 Å². The Kier molecular flexibility index (Phi) is 6.15. The number of nitrogens with one attached hydrogen (secondary N) is 2. The van der Waals surface area contributed by atoms with E-state index in [9.17, 15) is 9.59 Å². The predicted octanol–water partition coefficient (Wildman–Crippen LogP) is 3.58. The van der Waals surface area contributed by atoms with Crippen molar-refractivity contribution in [3.8, 4) is 0 Å². The molecule has 0 saturated carbocycles. The summed E-state index contributed by atoms with van der Waals surface area (Å²) >= 11 is 1.42. The first-order valence-corrected chi connectivity index (χ1v) is 10.5. The maximum absolute atomic E-state index is 12.5. The predicted molar refractivity (Wildman–Crippen MR) is 113 cm³/mol. The first kappa shape index (κ1) is 20.5. The van der Waals surface area contributed by atoms with Crippen LogP contribution in [0.25, 0.3) is 0 Å². The number of carbonyl (C=O) groups is 2. The van der Waals surface area contributed by atoms with E-state index in [1.54, 1.807) is 7.05 Å². The minimum Gasteiger partial charge on any atom is -0.358 e. The number of hydrogen-bond donors (Lipinski definition) is 2. The van der Waals surface area contributed by atoms with Gasteiger partial charge in [0.05, 0.1) is 18.3 Å². The Hall–Kier alpha value is -2.25. The maximum atomic E-state index is 12.5. The molecule has 1 fully saturated rings. The van der Waals surface area contributed by atoms with Crippen molar-refractivity contribution in [2.75, 3.05) is 25.5 Å². The molecule has 150 valence electrons. The van der Waals surface area contributed by atoms with Crippen molar-refractivity contribution < 1.29 is 9.59 Å². The summed E-state index contributed by atoms with van der Waals surface area (Å²) in [6, 6.07) is 7.83. The Morgan fingerprint density at radius 1 is 1.25 bits per heavy atom. The van der Waals surface area contributed by atoms with Crippen LogP contribution in [0.5, 0.6) is 0 Å². The van der Waals surface area contributed by atoms with Gasteiger partial charge in [0.2, 0.25) is 5.91 Å². The summed E-state index contributed by atoms with van der Waals surface area (Å²) in [5.41, 5.74) is 2.79. The Balaban J connectivity index is 1.65. The lowest BCUT2D eigenvalue weighted by molar-refractivity contribution is -0.122. The Labute approximate surface area is 170 Å². The minimum absolute atomic E-state index is 0.00867. The SMILES string of the molecule is CNC(=O)CN1CCCC1c1csc(NC(=O)c2ccc(C(C)(C)C)cc2)n1. The van der Waals surface area contributed by atoms with Gasteiger partial charge in [-0.05, 0) is 42.5 Å². The highest BCUT2D eigenvalue weighted by molar-refractivity contribution is 7.14. The van der Waals surface area contributed by atoms with Crippen molar-refractivity contribution in [2.45, 2.75) is 45.1 Å². The quantitative estimate of drug-likeness (QED) is 0.805. The molecule has 1 atom stereocenters. The van der Waals surface area contributed by atoms with Crippen molar-refractivity contribution in [3.63, 3.8) is 0 Å². The molecule has 1 aliphatic rings. The number of likely N-dealkylation sites (N-methyl/N-ethyl adjacent to an activating group) is 1. The van der Waals surface area contributed by atoms with Gasteiger partial charge in [-0.15, -0.1) is 11.3 Å². The van der Waals surface area contributed by atoms with Crippen LogP contribution in [-0.2, 0) is 10.2 Å². The van der Waals surface area contributed by atoms with Crippen molar-refractivity contribution >= 4 is 28.3 Å². The number of hydrogen-bond acceptors (Lipinski definition) is 5. The second-order valence-corrected chi connectivity index (χ2v) is 9.02. The monoisotopic (exact) mass is 400 g/mol. The standard InChI is InChI=1S/C21H28N4O2S/c1-21(2,3)15-9-7-14(8-10-15)19(27)24-20-23-16(13-28-20)17-6-5-11-25(17)12-18(26)22-4/h7-10,13,17H,5-6,11-12H2,1-4H3,(H,22,26)(H,23,24,27). The highest BCUT2D eigenvalue weighted by Crippen LogP contribution is 2.33. The lowest BCUT2D eigenvalue weighted by Crippen LogP contribution is -2.35. The molecule has 7 heteroatoms. The van der Waals surface area contributed by atoms with Gasteiger partial charge in [0.15, 0.2) is 5.13 Å². The summed E-state index contributed by atoms with van der Waals surface area (Å²) < 4.78 is 0. The van der Waals surface area contributed by atoms with Gasteiger partial charge >= 0.3 is 0 Å². The van der Waals surface area contributed by atoms with Crippen molar-refractivity contribution in [1.29, 1.82) is 0 Å². The smallest absolute Gasteiger partial charge is 0.257 e. The largest absolute Gasteiger partial charge is 0.358 e. The molecular weight excluding hydrogens is 372 g/mol. The highest BCUT2D eigenvalue weighted by atomic mass is 32.1. The van der Waals surface area contributed by atoms with Crippen molar-refractivity contribution in [1.82, 2.24) is 15.2 Å². The number of likely N-dealkylation sites (tertiary alicyclic amines) is 1. The molecule has 2 aromatic rings. The van der Waals surface area contributed by atoms with E-state index >= 15 is 0 Å². The molecule has 6 nitrogen and oxygen atoms in total. The number of rotatable bonds is 5. The first-order chi connectivity index (χ1) is 13.3. The molecule has 0 bridgehead atoms. The Morgan fingerprint density at radius 3 is 2.61 bits per heavy atom. The van der Waals surface area contributed by atoms with E-state index in [1.165, 1.54) is 16.9 Å². The van der Waals surface area contributed by atoms with Gasteiger partial charge in [0, 0.05) is 18.0 Å². The van der Waals surface area contributed by atoms with Crippen molar-refractivity contribution in [3.05, 3.63) is 46.5 Å². The summed E-state index contributed by atoms with van der Waals surface area (Å²) in [7, 11) is 1.65. The maximum Gasteiger partial charge on any atom is 0.257 e. The van der Waals surface area contributed by atoms with Crippen LogP contribution >= 0.6 is 11.3 Å². The molecule has 1 aliphatic heterocycles. The zero-order chi connectivity index (χ0) is 20.3. The molecule has 28 heavy (non-hydrogen) atoms. The van der Waals surface area contributed by atoms with Crippen LogP contribution in [0.4, 0.5) is 5.13 Å². The lowest BCUT2D eigenvalue weighted by atomic mass is 9.87. The van der Waals surface area contributed by atoms with E-state index in [-0.39, 0.29) is 23.3 Å². The number of thiazole rings is 1. The number of amides is 2. The second kappa shape index (κ2) is 8.41. The van der Waals surface area contributed by atoms with E-state index in [4.69, 9.17) is 0 Å². The first-order valence-electron chi connectivity index (χ1n) is 9.60. The number of benzene rings is 1. The molecule has 2 amide bonds. The van der Waals surface area contributed by atoms with Crippen LogP contribution in [0.1, 0.15) is 61.3 Å². The summed E-state index contributed by atoms with van der Waals surface area (Å²) in [4.78, 5) is 31.0. The molecule has 0 aliphatic carbocycles. The van der Waals surface area contributed by atoms with Crippen LogP contribution in [0, 0.1) is 0 Å². The minimum atomic E-state index is -0.157. The van der Waals surface area contributed by atoms with Crippen LogP contribution in [0.3, 0.4) is 0 Å². The third-order valence-corrected chi connectivity index (χ3v) is 5.86. The van der Waals surface area contributed by atoms with Gasteiger partial charge in [-0.3, -0.25) is 19.8 Å². The fourth-order valence-electron chi connectivity index (χ4n) is 3.40. The molecule has 1 aromatic carbocycles. The molecule has 2 N–H and O–H groups in total. The molecule has 1 unspecified atom stereocenters. The molecule has 0 radical (unpaired) electrons. The van der Waals surface area contributed by atoms with Crippen LogP contribution in [-0.4, -0.2) is 41.8 Å². The third-order valence-electron chi connectivity index (χ3n) is 5.09. The molecule has 2 heterocycles. The zero-order valence-corrected chi connectivity index (χ0v) is 17.7. The van der Waals surface area contributed by atoms with Gasteiger partial charge in [-0.2, -0.15) is 0 Å². The van der Waals surface area contributed by atoms with Crippen molar-refractivity contribution in [2.24, 2.45) is 0 Å². The average Bonchev–Trinajstić information content (AvgIpc) is 3.30. The Bertz CT molecular complexity index is 839. The average molecular weight is 401 g/mol. The topological polar surface area (TPSA) is 74.3 Å². The van der Waals surface area contributed by atoms with E-state index < -0.39 is 0 Å². The third kappa shape index (κ3) is 4.77. The highest BCUT2D eigenvalue weighted by Gasteiger charge is 2.29. The molecular formula is C21H28N4O2S. The lowest BCUT2D eigenvalue weighted by Gasteiger charge is -2.21. The van der Waals surface area contributed by atoms with E-state index in [0.29, 0.717) is 17.2 Å². The summed E-state index contributed by atoms with van der Waals surface area (Å²) in [6.07, 6.45) is 2.02. The van der Waals surface area contributed by atoms with Crippen LogP contribution in [0.2, 0.25) is 0 Å². The fraction of sp³-hybridized carbons (Fsp3) is 0.476. The van der Waals surface area contributed by atoms with Crippen LogP contribution < -0.4 is 10.6 Å². The zero-order valence-electron chi connectivity index (χ0n) is 16.9. The number of aromatic nitrogens is 1. The summed E-state index contributed by atoms with van der Waals surface area (Å²) in [5.74, 6) is -0.149. The van der Waals surface area contributed by atoms with Gasteiger partial charge < -0.3 is 5.32 Å². The molecule has 0 spiro atoms. The molecule has 1 aromatic heterocycles. The van der Waals surface area contributed by atoms with E-state index in [1.807, 2.05) is 29.6 Å². The summed E-state index contributed by atoms with van der Waals surface area (Å²) in [5, 5.41) is 8.14. The normalized spacial score (nSPS) is 17.5. The number of carbonyl (C=O) groups excluding carboxylic acids is 2. The van der Waals surface area contributed by atoms with Gasteiger partial charge in [0.1, 0.15) is 0 Å². The summed E-state index contributed by atoms with van der Waals surface area (Å²) in [6.45, 7) is 7.71. The molecule has 3 rings (SSSR count). The van der Waals surface area contributed by atoms with Gasteiger partial charge in [0.25, 0.3) is 5.91 Å². The molecule has 1 saturated heterocycles. The number of nitrogens with zero attached hydrogens (tertiary/aromatic N) is 2.